The molecule has 150 valence electrons. The summed E-state index contributed by atoms with van der Waals surface area (Å²) in [6.07, 6.45) is 1.71. The second kappa shape index (κ2) is 9.05. The minimum atomic E-state index is -0.548. The molecular weight excluding hydrogens is 370 g/mol. The SMILES string of the molecule is COc1ccccc1CN(C)C(=O)COC(=O)c1ccc(-n2nccc2C)cc1. The van der Waals surface area contributed by atoms with E-state index in [1.807, 2.05) is 37.3 Å². The number of likely N-dealkylation sites (N-methyl/N-ethyl adjacent to an activating group) is 1. The average Bonchev–Trinajstić information content (AvgIpc) is 3.18. The highest BCUT2D eigenvalue weighted by Gasteiger charge is 2.15. The summed E-state index contributed by atoms with van der Waals surface area (Å²) in [6, 6.07) is 16.2. The third-order valence-corrected chi connectivity index (χ3v) is 4.53. The number of carbonyl (C=O) groups is 2. The Hall–Kier alpha value is -3.61. The van der Waals surface area contributed by atoms with E-state index in [9.17, 15) is 9.59 Å². The van der Waals surface area contributed by atoms with Gasteiger partial charge in [-0.2, -0.15) is 5.10 Å². The van der Waals surface area contributed by atoms with Gasteiger partial charge in [-0.05, 0) is 43.3 Å². The topological polar surface area (TPSA) is 73.7 Å². The van der Waals surface area contributed by atoms with E-state index >= 15 is 0 Å². The van der Waals surface area contributed by atoms with Crippen molar-refractivity contribution in [3.63, 3.8) is 0 Å². The van der Waals surface area contributed by atoms with Crippen molar-refractivity contribution in [1.82, 2.24) is 14.7 Å². The lowest BCUT2D eigenvalue weighted by Crippen LogP contribution is -2.31. The maximum atomic E-state index is 12.3. The lowest BCUT2D eigenvalue weighted by Gasteiger charge is -2.18. The van der Waals surface area contributed by atoms with E-state index in [0.717, 1.165) is 16.9 Å². The summed E-state index contributed by atoms with van der Waals surface area (Å²) < 4.78 is 12.2. The molecule has 0 radical (unpaired) electrons. The van der Waals surface area contributed by atoms with Gasteiger partial charge in [0.15, 0.2) is 6.61 Å². The van der Waals surface area contributed by atoms with Gasteiger partial charge >= 0.3 is 5.97 Å². The molecule has 0 aliphatic heterocycles. The molecule has 0 bridgehead atoms. The molecule has 1 heterocycles. The monoisotopic (exact) mass is 393 g/mol. The van der Waals surface area contributed by atoms with Gasteiger partial charge in [-0.1, -0.05) is 18.2 Å². The molecule has 0 aliphatic rings. The zero-order valence-corrected chi connectivity index (χ0v) is 16.7. The molecule has 0 atom stereocenters. The van der Waals surface area contributed by atoms with Crippen LogP contribution in [0.3, 0.4) is 0 Å². The Bertz CT molecular complexity index is 995. The standard InChI is InChI=1S/C22H23N3O4/c1-16-12-13-23-25(16)19-10-8-17(9-11-19)22(27)29-15-21(26)24(2)14-18-6-4-5-7-20(18)28-3/h4-13H,14-15H2,1-3H3. The molecule has 29 heavy (non-hydrogen) atoms. The number of ether oxygens (including phenoxy) is 2. The Morgan fingerprint density at radius 2 is 1.79 bits per heavy atom. The molecule has 2 aromatic carbocycles. The Kier molecular flexibility index (Phi) is 6.29. The molecule has 0 N–H and O–H groups in total. The van der Waals surface area contributed by atoms with Gasteiger partial charge in [0.2, 0.25) is 0 Å². The van der Waals surface area contributed by atoms with Gasteiger partial charge in [0.25, 0.3) is 5.91 Å². The first-order chi connectivity index (χ1) is 14.0. The third-order valence-electron chi connectivity index (χ3n) is 4.53. The van der Waals surface area contributed by atoms with Crippen LogP contribution < -0.4 is 4.74 Å². The number of esters is 1. The number of nitrogens with zero attached hydrogens (tertiary/aromatic N) is 3. The number of hydrogen-bond donors (Lipinski definition) is 0. The second-order valence-electron chi connectivity index (χ2n) is 6.57. The Morgan fingerprint density at radius 3 is 2.45 bits per heavy atom. The molecule has 3 aromatic rings. The number of aromatic nitrogens is 2. The van der Waals surface area contributed by atoms with Crippen molar-refractivity contribution >= 4 is 11.9 Å². The highest BCUT2D eigenvalue weighted by Crippen LogP contribution is 2.19. The molecule has 0 saturated heterocycles. The zero-order chi connectivity index (χ0) is 20.8. The van der Waals surface area contributed by atoms with Crippen molar-refractivity contribution in [2.75, 3.05) is 20.8 Å². The fraction of sp³-hybridized carbons (Fsp3) is 0.227. The van der Waals surface area contributed by atoms with Crippen LogP contribution in [0.15, 0.2) is 60.8 Å². The van der Waals surface area contributed by atoms with E-state index in [2.05, 4.69) is 5.10 Å². The average molecular weight is 393 g/mol. The molecule has 3 rings (SSSR count). The van der Waals surface area contributed by atoms with Crippen molar-refractivity contribution in [2.24, 2.45) is 0 Å². The predicted molar refractivity (Wildman–Crippen MR) is 108 cm³/mol. The number of aryl methyl sites for hydroxylation is 1. The molecular formula is C22H23N3O4. The molecule has 0 spiro atoms. The van der Waals surface area contributed by atoms with Crippen molar-refractivity contribution in [1.29, 1.82) is 0 Å². The molecule has 0 saturated carbocycles. The van der Waals surface area contributed by atoms with Crippen LogP contribution in [-0.2, 0) is 16.1 Å². The predicted octanol–water partition coefficient (Wildman–Crippen LogP) is 3.00. The van der Waals surface area contributed by atoms with Crippen LogP contribution in [-0.4, -0.2) is 47.3 Å². The van der Waals surface area contributed by atoms with Gasteiger partial charge in [-0.3, -0.25) is 4.79 Å². The van der Waals surface area contributed by atoms with Crippen LogP contribution in [0.5, 0.6) is 5.75 Å². The van der Waals surface area contributed by atoms with E-state index in [-0.39, 0.29) is 12.5 Å². The van der Waals surface area contributed by atoms with Gasteiger partial charge in [0.05, 0.1) is 18.4 Å². The van der Waals surface area contributed by atoms with E-state index in [1.54, 1.807) is 49.3 Å². The summed E-state index contributed by atoms with van der Waals surface area (Å²) in [6.45, 7) is 1.98. The summed E-state index contributed by atoms with van der Waals surface area (Å²) in [5.41, 5.74) is 3.08. The van der Waals surface area contributed by atoms with Gasteiger partial charge in [0, 0.05) is 31.0 Å². The molecule has 0 aliphatic carbocycles. The van der Waals surface area contributed by atoms with Gasteiger partial charge in [-0.15, -0.1) is 0 Å². The highest BCUT2D eigenvalue weighted by molar-refractivity contribution is 5.91. The summed E-state index contributed by atoms with van der Waals surface area (Å²) in [4.78, 5) is 26.1. The number of rotatable bonds is 7. The lowest BCUT2D eigenvalue weighted by atomic mass is 10.2. The van der Waals surface area contributed by atoms with Crippen LogP contribution in [0, 0.1) is 6.92 Å². The summed E-state index contributed by atoms with van der Waals surface area (Å²) in [5.74, 6) is -0.141. The van der Waals surface area contributed by atoms with Crippen LogP contribution in [0.2, 0.25) is 0 Å². The first-order valence-electron chi connectivity index (χ1n) is 9.13. The highest BCUT2D eigenvalue weighted by atomic mass is 16.5. The van der Waals surface area contributed by atoms with E-state index in [0.29, 0.717) is 17.9 Å². The van der Waals surface area contributed by atoms with Gasteiger partial charge in [0.1, 0.15) is 5.75 Å². The van der Waals surface area contributed by atoms with Gasteiger partial charge in [-0.25, -0.2) is 9.48 Å². The van der Waals surface area contributed by atoms with Crippen molar-refractivity contribution < 1.29 is 19.1 Å². The van der Waals surface area contributed by atoms with Crippen LogP contribution in [0.1, 0.15) is 21.6 Å². The molecule has 0 unspecified atom stereocenters. The smallest absolute Gasteiger partial charge is 0.338 e. The number of amides is 1. The summed E-state index contributed by atoms with van der Waals surface area (Å²) in [7, 11) is 3.24. The van der Waals surface area contributed by atoms with E-state index < -0.39 is 5.97 Å². The lowest BCUT2D eigenvalue weighted by molar-refractivity contribution is -0.133. The second-order valence-corrected chi connectivity index (χ2v) is 6.57. The quantitative estimate of drug-likeness (QED) is 0.577. The summed E-state index contributed by atoms with van der Waals surface area (Å²) in [5, 5.41) is 4.23. The maximum absolute atomic E-state index is 12.3. The zero-order valence-electron chi connectivity index (χ0n) is 16.7. The molecule has 1 aromatic heterocycles. The Morgan fingerprint density at radius 1 is 1.07 bits per heavy atom. The fourth-order valence-corrected chi connectivity index (χ4v) is 2.88. The maximum Gasteiger partial charge on any atom is 0.338 e. The number of methoxy groups -OCH3 is 1. The Balaban J connectivity index is 1.55. The number of hydrogen-bond acceptors (Lipinski definition) is 5. The normalized spacial score (nSPS) is 10.4. The molecule has 1 amide bonds. The number of para-hydroxylation sites is 1. The minimum Gasteiger partial charge on any atom is -0.496 e. The van der Waals surface area contributed by atoms with Crippen LogP contribution in [0.25, 0.3) is 5.69 Å². The summed E-state index contributed by atoms with van der Waals surface area (Å²) >= 11 is 0. The Labute approximate surface area is 169 Å². The third kappa shape index (κ3) is 4.82. The number of carbonyl (C=O) groups excluding carboxylic acids is 2. The first kappa shape index (κ1) is 20.1. The van der Waals surface area contributed by atoms with Crippen molar-refractivity contribution in [2.45, 2.75) is 13.5 Å². The van der Waals surface area contributed by atoms with Crippen molar-refractivity contribution in [3.8, 4) is 11.4 Å². The molecule has 0 fully saturated rings. The van der Waals surface area contributed by atoms with E-state index in [4.69, 9.17) is 9.47 Å². The fourth-order valence-electron chi connectivity index (χ4n) is 2.88. The minimum absolute atomic E-state index is 0.298. The largest absolute Gasteiger partial charge is 0.496 e. The molecule has 7 heteroatoms. The number of benzene rings is 2. The first-order valence-corrected chi connectivity index (χ1v) is 9.13. The molecule has 7 nitrogen and oxygen atoms in total. The van der Waals surface area contributed by atoms with E-state index in [1.165, 1.54) is 4.90 Å². The van der Waals surface area contributed by atoms with Crippen LogP contribution >= 0.6 is 0 Å². The van der Waals surface area contributed by atoms with Crippen molar-refractivity contribution in [3.05, 3.63) is 77.6 Å². The van der Waals surface area contributed by atoms with Crippen LogP contribution in [0.4, 0.5) is 0 Å². The van der Waals surface area contributed by atoms with Gasteiger partial charge < -0.3 is 14.4 Å².